The summed E-state index contributed by atoms with van der Waals surface area (Å²) in [5.74, 6) is 1.32. The van der Waals surface area contributed by atoms with E-state index < -0.39 is 5.41 Å². The van der Waals surface area contributed by atoms with Gasteiger partial charge in [0, 0.05) is 26.5 Å². The smallest absolute Gasteiger partial charge is 0.261 e. The van der Waals surface area contributed by atoms with Crippen LogP contribution in [0, 0.1) is 5.92 Å². The molecule has 1 amide bonds. The first-order valence-electron chi connectivity index (χ1n) is 10.8. The number of likely N-dealkylation sites (N-methyl/N-ethyl adjacent to an activating group) is 1. The number of carbonyl (C=O) groups is 1. The maximum atomic E-state index is 11.9. The van der Waals surface area contributed by atoms with E-state index in [1.165, 1.54) is 11.1 Å². The van der Waals surface area contributed by atoms with Crippen molar-refractivity contribution in [3.63, 3.8) is 0 Å². The topological polar surface area (TPSA) is 142 Å². The molecule has 11 heteroatoms. The van der Waals surface area contributed by atoms with Crippen molar-refractivity contribution in [2.45, 2.75) is 32.7 Å². The third kappa shape index (κ3) is 4.36. The molecule has 176 valence electrons. The maximum Gasteiger partial charge on any atom is 0.261 e. The zero-order valence-electron chi connectivity index (χ0n) is 19.8. The van der Waals surface area contributed by atoms with Gasteiger partial charge in [0.05, 0.1) is 35.3 Å². The van der Waals surface area contributed by atoms with Gasteiger partial charge >= 0.3 is 0 Å². The molecule has 0 aromatic carbocycles. The number of pyridine rings is 1. The fraction of sp³-hybridized carbons (Fsp3) is 0.348. The number of carbonyl (C=O) groups excluding carboxylic acids is 1. The average Bonchev–Trinajstić information content (AvgIpc) is 3.49. The molecule has 0 radical (unpaired) electrons. The first-order valence-corrected chi connectivity index (χ1v) is 10.8. The lowest BCUT2D eigenvalue weighted by Gasteiger charge is -2.30. The second-order valence-electron chi connectivity index (χ2n) is 8.75. The van der Waals surface area contributed by atoms with E-state index in [9.17, 15) is 4.79 Å². The molecule has 0 saturated heterocycles. The highest BCUT2D eigenvalue weighted by molar-refractivity contribution is 5.75. The summed E-state index contributed by atoms with van der Waals surface area (Å²) in [7, 11) is 3.41. The van der Waals surface area contributed by atoms with Crippen molar-refractivity contribution in [2.24, 2.45) is 5.92 Å². The summed E-state index contributed by atoms with van der Waals surface area (Å²) in [4.78, 5) is 31.1. The van der Waals surface area contributed by atoms with Gasteiger partial charge in [-0.3, -0.25) is 14.5 Å². The van der Waals surface area contributed by atoms with Crippen LogP contribution < -0.4 is 5.73 Å². The molecule has 2 N–H and O–H groups in total. The van der Waals surface area contributed by atoms with Crippen LogP contribution in [0.2, 0.25) is 0 Å². The Morgan fingerprint density at radius 2 is 1.88 bits per heavy atom. The molecule has 4 rings (SSSR count). The van der Waals surface area contributed by atoms with E-state index in [2.05, 4.69) is 51.0 Å². The van der Waals surface area contributed by atoms with Crippen LogP contribution >= 0.6 is 0 Å². The van der Waals surface area contributed by atoms with Gasteiger partial charge in [0.25, 0.3) is 5.89 Å². The minimum atomic E-state index is -0.559. The van der Waals surface area contributed by atoms with E-state index in [0.717, 1.165) is 5.56 Å². The molecule has 0 spiro atoms. The lowest BCUT2D eigenvalue weighted by Crippen LogP contribution is -2.31. The molecule has 34 heavy (non-hydrogen) atoms. The second kappa shape index (κ2) is 9.00. The largest absolute Gasteiger partial charge is 0.382 e. The highest BCUT2D eigenvalue weighted by Crippen LogP contribution is 2.38. The minimum absolute atomic E-state index is 0.0610. The molecule has 4 aromatic heterocycles. The molecule has 0 aliphatic carbocycles. The molecule has 4 heterocycles. The molecule has 0 saturated carbocycles. The fourth-order valence-corrected chi connectivity index (χ4v) is 3.44. The molecule has 1 atom stereocenters. The number of nitrogen functional groups attached to an aromatic ring is 1. The van der Waals surface area contributed by atoms with Crippen molar-refractivity contribution in [2.75, 3.05) is 19.8 Å². The third-order valence-corrected chi connectivity index (χ3v) is 6.02. The van der Waals surface area contributed by atoms with Gasteiger partial charge in [-0.1, -0.05) is 25.1 Å². The van der Waals surface area contributed by atoms with E-state index in [-0.39, 0.29) is 18.4 Å². The molecule has 0 aliphatic heterocycles. The summed E-state index contributed by atoms with van der Waals surface area (Å²) >= 11 is 0. The van der Waals surface area contributed by atoms with Crippen LogP contribution in [0.15, 0.2) is 47.6 Å². The second-order valence-corrected chi connectivity index (χ2v) is 8.75. The summed E-state index contributed by atoms with van der Waals surface area (Å²) in [5, 5.41) is 8.52. The van der Waals surface area contributed by atoms with E-state index in [0.29, 0.717) is 34.5 Å². The summed E-state index contributed by atoms with van der Waals surface area (Å²) in [5.41, 5.74) is 7.98. The predicted molar refractivity (Wildman–Crippen MR) is 125 cm³/mol. The molecule has 0 fully saturated rings. The lowest BCUT2D eigenvalue weighted by molar-refractivity contribution is -0.129. The van der Waals surface area contributed by atoms with Crippen molar-refractivity contribution in [3.8, 4) is 22.8 Å². The summed E-state index contributed by atoms with van der Waals surface area (Å²) in [6.07, 6.45) is 8.22. The van der Waals surface area contributed by atoms with Gasteiger partial charge in [-0.25, -0.2) is 9.97 Å². The Labute approximate surface area is 197 Å². The van der Waals surface area contributed by atoms with E-state index >= 15 is 0 Å². The van der Waals surface area contributed by atoms with Crippen molar-refractivity contribution < 1.29 is 9.32 Å². The number of nitrogens with two attached hydrogens (primary N) is 1. The number of amides is 1. The van der Waals surface area contributed by atoms with Crippen molar-refractivity contribution in [1.82, 2.24) is 39.8 Å². The molecule has 0 bridgehead atoms. The molecular weight excluding hydrogens is 434 g/mol. The SMILES string of the molecule is CC(C)C(C)(c1ccc(-c2cnc(N)cn2)nc1)c1noc(-c2cnn(CC(=O)N(C)C)c2)n1. The Hall–Kier alpha value is -4.15. The maximum absolute atomic E-state index is 11.9. The first-order chi connectivity index (χ1) is 16.2. The number of hydrogen-bond acceptors (Lipinski definition) is 9. The Morgan fingerprint density at radius 1 is 1.12 bits per heavy atom. The number of rotatable bonds is 7. The predicted octanol–water partition coefficient (Wildman–Crippen LogP) is 2.42. The zero-order valence-corrected chi connectivity index (χ0v) is 19.8. The van der Waals surface area contributed by atoms with Gasteiger partial charge in [0.2, 0.25) is 5.91 Å². The van der Waals surface area contributed by atoms with Gasteiger partial charge in [-0.2, -0.15) is 10.1 Å². The Morgan fingerprint density at radius 3 is 2.50 bits per heavy atom. The molecule has 4 aromatic rings. The number of anilines is 1. The zero-order chi connectivity index (χ0) is 24.5. The highest BCUT2D eigenvalue weighted by atomic mass is 16.5. The van der Waals surface area contributed by atoms with Crippen LogP contribution in [0.1, 0.15) is 32.2 Å². The van der Waals surface area contributed by atoms with E-state index in [4.69, 9.17) is 10.3 Å². The van der Waals surface area contributed by atoms with Crippen LogP contribution in [-0.2, 0) is 16.8 Å². The first kappa shape index (κ1) is 23.0. The summed E-state index contributed by atoms with van der Waals surface area (Å²) in [6.45, 7) is 6.39. The summed E-state index contributed by atoms with van der Waals surface area (Å²) in [6, 6.07) is 3.88. The Bertz CT molecular complexity index is 1280. The standard InChI is InChI=1S/C23H27N9O2/c1-14(2)23(3,16-6-7-17(25-9-16)18-10-27-19(24)11-26-18)22-29-21(34-30-22)15-8-28-32(12-15)13-20(33)31(4)5/h6-12,14H,13H2,1-5H3,(H2,24,27). The third-order valence-electron chi connectivity index (χ3n) is 6.02. The van der Waals surface area contributed by atoms with E-state index in [1.807, 2.05) is 12.1 Å². The van der Waals surface area contributed by atoms with Gasteiger partial charge in [0.15, 0.2) is 5.82 Å². The molecular formula is C23H27N9O2. The van der Waals surface area contributed by atoms with Gasteiger partial charge < -0.3 is 15.2 Å². The Balaban J connectivity index is 1.61. The van der Waals surface area contributed by atoms with Crippen molar-refractivity contribution in [3.05, 3.63) is 54.5 Å². The van der Waals surface area contributed by atoms with Gasteiger partial charge in [-0.05, 0) is 24.5 Å². The van der Waals surface area contributed by atoms with Crippen molar-refractivity contribution in [1.29, 1.82) is 0 Å². The van der Waals surface area contributed by atoms with Crippen LogP contribution in [0.3, 0.4) is 0 Å². The van der Waals surface area contributed by atoms with Crippen LogP contribution in [-0.4, -0.2) is 59.8 Å². The van der Waals surface area contributed by atoms with Gasteiger partial charge in [-0.15, -0.1) is 0 Å². The quantitative estimate of drug-likeness (QED) is 0.439. The molecule has 11 nitrogen and oxygen atoms in total. The summed E-state index contributed by atoms with van der Waals surface area (Å²) < 4.78 is 7.13. The number of hydrogen-bond donors (Lipinski definition) is 1. The van der Waals surface area contributed by atoms with E-state index in [1.54, 1.807) is 43.6 Å². The molecule has 0 aliphatic rings. The van der Waals surface area contributed by atoms with Crippen LogP contribution in [0.4, 0.5) is 5.82 Å². The fourth-order valence-electron chi connectivity index (χ4n) is 3.44. The highest BCUT2D eigenvalue weighted by Gasteiger charge is 2.38. The van der Waals surface area contributed by atoms with Crippen LogP contribution in [0.25, 0.3) is 22.8 Å². The monoisotopic (exact) mass is 461 g/mol. The normalized spacial score (nSPS) is 13.1. The van der Waals surface area contributed by atoms with Crippen molar-refractivity contribution >= 4 is 11.7 Å². The Kier molecular flexibility index (Phi) is 6.10. The lowest BCUT2D eigenvalue weighted by atomic mass is 9.73. The average molecular weight is 462 g/mol. The molecule has 1 unspecified atom stereocenters. The van der Waals surface area contributed by atoms with Gasteiger partial charge in [0.1, 0.15) is 18.1 Å². The number of aromatic nitrogens is 7. The number of nitrogens with zero attached hydrogens (tertiary/aromatic N) is 8. The van der Waals surface area contributed by atoms with Crippen LogP contribution in [0.5, 0.6) is 0 Å². The minimum Gasteiger partial charge on any atom is -0.382 e.